The third kappa shape index (κ3) is 5.50. The van der Waals surface area contributed by atoms with E-state index in [0.29, 0.717) is 0 Å². The van der Waals surface area contributed by atoms with Crippen LogP contribution in [0.4, 0.5) is 65.9 Å². The molecule has 0 atom stereocenters. The highest BCUT2D eigenvalue weighted by Gasteiger charge is 2.91. The van der Waals surface area contributed by atoms with Crippen molar-refractivity contribution in [3.8, 4) is 0 Å². The monoisotopic (exact) mass is 454 g/mol. The molecule has 0 aliphatic carbocycles. The van der Waals surface area contributed by atoms with Crippen molar-refractivity contribution in [2.75, 3.05) is 0 Å². The van der Waals surface area contributed by atoms with Crippen molar-refractivity contribution >= 4 is 23.2 Å². The molecule has 0 aromatic rings. The lowest BCUT2D eigenvalue weighted by atomic mass is 9.98. The van der Waals surface area contributed by atoms with E-state index in [-0.39, 0.29) is 0 Å². The first-order valence-electron chi connectivity index (χ1n) is 4.96. The molecule has 0 aliphatic rings. The molecule has 0 aromatic carbocycles. The van der Waals surface area contributed by atoms with E-state index in [1.54, 1.807) is 0 Å². The maximum Gasteiger partial charge on any atom is 0.460 e. The van der Waals surface area contributed by atoms with Gasteiger partial charge in [0.15, 0.2) is 0 Å². The summed E-state index contributed by atoms with van der Waals surface area (Å²) < 4.78 is 175. The highest BCUT2D eigenvalue weighted by molar-refractivity contribution is 6.46. The number of halogens is 17. The summed E-state index contributed by atoms with van der Waals surface area (Å²) in [5.41, 5.74) is 0. The normalized spacial score (nSPS) is 15.6. The van der Waals surface area contributed by atoms with Crippen LogP contribution in [-0.4, -0.2) is 40.6 Å². The van der Waals surface area contributed by atoms with Gasteiger partial charge in [-0.05, 0) is 6.92 Å². The second kappa shape index (κ2) is 6.93. The van der Waals surface area contributed by atoms with E-state index < -0.39 is 40.6 Å². The van der Waals surface area contributed by atoms with Crippen molar-refractivity contribution in [3.63, 3.8) is 0 Å². The SMILES string of the molecule is CC(F)(Cl)Cl.FC(F)(F)C(F)(F)C(F)(F)C(F)(F)C(F)(F)C(F)(F)F. The van der Waals surface area contributed by atoms with Crippen LogP contribution in [0.3, 0.4) is 0 Å². The molecule has 17 heteroatoms. The third-order valence-corrected chi connectivity index (χ3v) is 1.90. The minimum atomic E-state index is -8.04. The van der Waals surface area contributed by atoms with E-state index in [2.05, 4.69) is 23.2 Å². The molecule has 0 N–H and O–H groups in total. The second-order valence-corrected chi connectivity index (χ2v) is 5.69. The number of alkyl halides is 17. The summed E-state index contributed by atoms with van der Waals surface area (Å²) in [4.78, 5) is 0. The Morgan fingerprint density at radius 1 is 0.400 bits per heavy atom. The molecular formula is C8H3Cl2F15. The summed E-state index contributed by atoms with van der Waals surface area (Å²) in [6.45, 7) is 1.05. The smallest absolute Gasteiger partial charge is 0.208 e. The van der Waals surface area contributed by atoms with E-state index >= 15 is 0 Å². The molecule has 154 valence electrons. The van der Waals surface area contributed by atoms with Crippen molar-refractivity contribution in [2.45, 2.75) is 47.6 Å². The van der Waals surface area contributed by atoms with Gasteiger partial charge >= 0.3 is 36.0 Å². The fourth-order valence-electron chi connectivity index (χ4n) is 0.750. The highest BCUT2D eigenvalue weighted by Crippen LogP contribution is 2.60. The van der Waals surface area contributed by atoms with Gasteiger partial charge in [-0.15, -0.1) is 0 Å². The Labute approximate surface area is 137 Å². The lowest BCUT2D eigenvalue weighted by Crippen LogP contribution is -2.69. The van der Waals surface area contributed by atoms with E-state index in [4.69, 9.17) is 0 Å². The molecule has 0 aromatic heterocycles. The van der Waals surface area contributed by atoms with Gasteiger partial charge in [-0.25, -0.2) is 4.39 Å². The summed E-state index contributed by atoms with van der Waals surface area (Å²) in [5, 5.41) is 0. The number of hydrogen-bond donors (Lipinski definition) is 0. The van der Waals surface area contributed by atoms with E-state index in [1.807, 2.05) is 0 Å². The summed E-state index contributed by atoms with van der Waals surface area (Å²) in [6, 6.07) is 0. The summed E-state index contributed by atoms with van der Waals surface area (Å²) >= 11 is 9.26. The van der Waals surface area contributed by atoms with Gasteiger partial charge in [-0.1, -0.05) is 23.2 Å². The lowest BCUT2D eigenvalue weighted by molar-refractivity contribution is -0.451. The molecule has 0 saturated heterocycles. The maximum atomic E-state index is 12.3. The Hall–Kier alpha value is -0.470. The Morgan fingerprint density at radius 2 is 0.520 bits per heavy atom. The molecule has 0 heterocycles. The average Bonchev–Trinajstić information content (AvgIpc) is 2.22. The van der Waals surface area contributed by atoms with E-state index in [0.717, 1.165) is 6.92 Å². The Kier molecular flexibility index (Phi) is 7.41. The topological polar surface area (TPSA) is 0 Å². The molecule has 0 rings (SSSR count). The minimum absolute atomic E-state index is 1.05. The number of rotatable bonds is 3. The van der Waals surface area contributed by atoms with Crippen molar-refractivity contribution in [3.05, 3.63) is 0 Å². The molecule has 0 fully saturated rings. The standard InChI is InChI=1S/C6F14.C2H3Cl2F/c7-1(8,3(11,12)5(15,16)17)2(9,10)4(13,14)6(18,19)20;1-2(3,4)5/h;1H3. The van der Waals surface area contributed by atoms with Gasteiger partial charge in [0.1, 0.15) is 0 Å². The molecule has 0 radical (unpaired) electrons. The molecule has 0 nitrogen and oxygen atoms in total. The van der Waals surface area contributed by atoms with Crippen molar-refractivity contribution < 1.29 is 65.9 Å². The quantitative estimate of drug-likeness (QED) is 0.326. The zero-order chi connectivity index (χ0) is 21.5. The minimum Gasteiger partial charge on any atom is -0.208 e. The van der Waals surface area contributed by atoms with Crippen molar-refractivity contribution in [1.82, 2.24) is 0 Å². The van der Waals surface area contributed by atoms with E-state index in [1.165, 1.54) is 0 Å². The van der Waals surface area contributed by atoms with Crippen LogP contribution in [0.25, 0.3) is 0 Å². The van der Waals surface area contributed by atoms with Crippen LogP contribution < -0.4 is 0 Å². The van der Waals surface area contributed by atoms with Gasteiger partial charge in [0.05, 0.1) is 0 Å². The van der Waals surface area contributed by atoms with Crippen LogP contribution >= 0.6 is 23.2 Å². The van der Waals surface area contributed by atoms with Crippen LogP contribution in [-0.2, 0) is 0 Å². The Bertz CT molecular complexity index is 398. The fourth-order valence-corrected chi connectivity index (χ4v) is 0.750. The molecular weight excluding hydrogens is 452 g/mol. The zero-order valence-electron chi connectivity index (χ0n) is 10.9. The van der Waals surface area contributed by atoms with Gasteiger partial charge in [-0.2, -0.15) is 61.5 Å². The average molecular weight is 455 g/mol. The summed E-state index contributed by atoms with van der Waals surface area (Å²) in [5.74, 6) is -31.7. The molecule has 0 aliphatic heterocycles. The van der Waals surface area contributed by atoms with Crippen molar-refractivity contribution in [1.29, 1.82) is 0 Å². The van der Waals surface area contributed by atoms with Gasteiger partial charge < -0.3 is 0 Å². The first kappa shape index (κ1) is 26.8. The molecule has 0 saturated carbocycles. The second-order valence-electron chi connectivity index (χ2n) is 4.07. The molecule has 25 heavy (non-hydrogen) atoms. The van der Waals surface area contributed by atoms with Crippen LogP contribution in [0.1, 0.15) is 6.92 Å². The molecule has 0 spiro atoms. The maximum absolute atomic E-state index is 12.3. The van der Waals surface area contributed by atoms with Crippen LogP contribution in [0, 0.1) is 0 Å². The number of hydrogen-bond acceptors (Lipinski definition) is 0. The predicted octanol–water partition coefficient (Wildman–Crippen LogP) is 6.76. The Balaban J connectivity index is 0. The Morgan fingerprint density at radius 3 is 0.600 bits per heavy atom. The first-order chi connectivity index (χ1) is 10.2. The first-order valence-corrected chi connectivity index (χ1v) is 5.72. The van der Waals surface area contributed by atoms with Crippen LogP contribution in [0.15, 0.2) is 0 Å². The zero-order valence-corrected chi connectivity index (χ0v) is 12.4. The van der Waals surface area contributed by atoms with Gasteiger partial charge in [0.2, 0.25) is 0 Å². The third-order valence-electron chi connectivity index (χ3n) is 1.90. The summed E-state index contributed by atoms with van der Waals surface area (Å²) in [6.07, 6.45) is -15.0. The largest absolute Gasteiger partial charge is 0.460 e. The van der Waals surface area contributed by atoms with Gasteiger partial charge in [-0.3, -0.25) is 0 Å². The fraction of sp³-hybridized carbons (Fsp3) is 1.00. The van der Waals surface area contributed by atoms with Crippen LogP contribution in [0.5, 0.6) is 0 Å². The van der Waals surface area contributed by atoms with E-state index in [9.17, 15) is 65.9 Å². The molecule has 0 bridgehead atoms. The highest BCUT2D eigenvalue weighted by atomic mass is 35.5. The lowest BCUT2D eigenvalue weighted by Gasteiger charge is -2.37. The molecule has 0 unspecified atom stereocenters. The summed E-state index contributed by atoms with van der Waals surface area (Å²) in [7, 11) is 0. The van der Waals surface area contributed by atoms with Crippen molar-refractivity contribution in [2.24, 2.45) is 0 Å². The molecule has 0 amide bonds. The van der Waals surface area contributed by atoms with Gasteiger partial charge in [0.25, 0.3) is 4.59 Å². The van der Waals surface area contributed by atoms with Crippen LogP contribution in [0.2, 0.25) is 0 Å². The predicted molar refractivity (Wildman–Crippen MR) is 53.1 cm³/mol. The van der Waals surface area contributed by atoms with Gasteiger partial charge in [0, 0.05) is 0 Å².